The van der Waals surface area contributed by atoms with Crippen LogP contribution in [0.2, 0.25) is 5.02 Å². The zero-order chi connectivity index (χ0) is 12.8. The van der Waals surface area contributed by atoms with Gasteiger partial charge in [0, 0.05) is 13.1 Å². The van der Waals surface area contributed by atoms with Crippen molar-refractivity contribution in [3.05, 3.63) is 29.3 Å². The number of benzene rings is 1. The third-order valence-corrected chi connectivity index (χ3v) is 2.88. The van der Waals surface area contributed by atoms with Crippen LogP contribution in [-0.4, -0.2) is 30.0 Å². The van der Waals surface area contributed by atoms with Crippen LogP contribution < -0.4 is 4.74 Å². The van der Waals surface area contributed by atoms with Crippen molar-refractivity contribution < 1.29 is 9.53 Å². The summed E-state index contributed by atoms with van der Waals surface area (Å²) in [5, 5.41) is 0.520. The van der Waals surface area contributed by atoms with Gasteiger partial charge in [-0.25, -0.2) is 0 Å². The van der Waals surface area contributed by atoms with Gasteiger partial charge in [-0.2, -0.15) is 0 Å². The summed E-state index contributed by atoms with van der Waals surface area (Å²) < 4.78 is 5.57. The Morgan fingerprint density at radius 1 is 1.35 bits per heavy atom. The highest BCUT2D eigenvalue weighted by Gasteiger charge is 2.20. The van der Waals surface area contributed by atoms with Gasteiger partial charge in [0.15, 0.2) is 6.10 Å². The molecule has 3 nitrogen and oxygen atoms in total. The molecular weight excluding hydrogens is 238 g/mol. The van der Waals surface area contributed by atoms with Crippen LogP contribution in [0.15, 0.2) is 24.3 Å². The molecule has 0 saturated carbocycles. The number of rotatable bonds is 5. The summed E-state index contributed by atoms with van der Waals surface area (Å²) in [6, 6.07) is 7.15. The van der Waals surface area contributed by atoms with Crippen LogP contribution in [0.4, 0.5) is 0 Å². The Balaban J connectivity index is 2.69. The van der Waals surface area contributed by atoms with Crippen molar-refractivity contribution in [1.29, 1.82) is 0 Å². The number of halogens is 1. The normalized spacial score (nSPS) is 12.0. The minimum absolute atomic E-state index is 0.0186. The molecule has 1 aromatic carbocycles. The van der Waals surface area contributed by atoms with Crippen LogP contribution >= 0.6 is 11.6 Å². The quantitative estimate of drug-likeness (QED) is 0.810. The molecule has 94 valence electrons. The van der Waals surface area contributed by atoms with Gasteiger partial charge in [0.1, 0.15) is 5.75 Å². The maximum Gasteiger partial charge on any atom is 0.263 e. The summed E-state index contributed by atoms with van der Waals surface area (Å²) in [6.07, 6.45) is -0.519. The SMILES string of the molecule is CCN(CC)C(=O)C(C)Oc1ccccc1Cl. The van der Waals surface area contributed by atoms with Gasteiger partial charge in [-0.1, -0.05) is 23.7 Å². The molecule has 0 N–H and O–H groups in total. The van der Waals surface area contributed by atoms with E-state index in [-0.39, 0.29) is 5.91 Å². The van der Waals surface area contributed by atoms with E-state index >= 15 is 0 Å². The number of likely N-dealkylation sites (N-methyl/N-ethyl adjacent to an activating group) is 1. The lowest BCUT2D eigenvalue weighted by Gasteiger charge is -2.23. The van der Waals surface area contributed by atoms with E-state index < -0.39 is 6.10 Å². The topological polar surface area (TPSA) is 29.5 Å². The molecule has 1 atom stereocenters. The van der Waals surface area contributed by atoms with E-state index in [1.807, 2.05) is 26.0 Å². The number of ether oxygens (including phenoxy) is 1. The largest absolute Gasteiger partial charge is 0.479 e. The second kappa shape index (κ2) is 6.50. The standard InChI is InChI=1S/C13H18ClNO2/c1-4-15(5-2)13(16)10(3)17-12-9-7-6-8-11(12)14/h6-10H,4-5H2,1-3H3. The van der Waals surface area contributed by atoms with Crippen molar-refractivity contribution in [2.45, 2.75) is 26.9 Å². The minimum atomic E-state index is -0.519. The lowest BCUT2D eigenvalue weighted by Crippen LogP contribution is -2.40. The Morgan fingerprint density at radius 3 is 2.47 bits per heavy atom. The highest BCUT2D eigenvalue weighted by molar-refractivity contribution is 6.32. The van der Waals surface area contributed by atoms with E-state index in [4.69, 9.17) is 16.3 Å². The molecule has 0 aliphatic rings. The number of amides is 1. The fourth-order valence-corrected chi connectivity index (χ4v) is 1.75. The molecule has 1 amide bonds. The zero-order valence-electron chi connectivity index (χ0n) is 10.4. The summed E-state index contributed by atoms with van der Waals surface area (Å²) >= 11 is 5.97. The summed E-state index contributed by atoms with van der Waals surface area (Å²) in [5.74, 6) is 0.525. The third-order valence-electron chi connectivity index (χ3n) is 2.56. The summed E-state index contributed by atoms with van der Waals surface area (Å²) in [4.78, 5) is 13.7. The van der Waals surface area contributed by atoms with E-state index in [0.29, 0.717) is 23.9 Å². The molecule has 0 fully saturated rings. The van der Waals surface area contributed by atoms with Crippen molar-refractivity contribution >= 4 is 17.5 Å². The molecular formula is C13H18ClNO2. The van der Waals surface area contributed by atoms with Gasteiger partial charge in [0.25, 0.3) is 5.91 Å². The molecule has 4 heteroatoms. The van der Waals surface area contributed by atoms with Gasteiger partial charge in [0.2, 0.25) is 0 Å². The van der Waals surface area contributed by atoms with Crippen LogP contribution in [0.25, 0.3) is 0 Å². The fourth-order valence-electron chi connectivity index (χ4n) is 1.57. The molecule has 0 aromatic heterocycles. The van der Waals surface area contributed by atoms with Crippen LogP contribution in [0.3, 0.4) is 0 Å². The maximum absolute atomic E-state index is 12.0. The number of hydrogen-bond acceptors (Lipinski definition) is 2. The predicted octanol–water partition coefficient (Wildman–Crippen LogP) is 2.98. The Bertz CT molecular complexity index is 377. The number of nitrogens with zero attached hydrogens (tertiary/aromatic N) is 1. The van der Waals surface area contributed by atoms with Gasteiger partial charge in [-0.05, 0) is 32.9 Å². The minimum Gasteiger partial charge on any atom is -0.479 e. The van der Waals surface area contributed by atoms with Gasteiger partial charge in [-0.3, -0.25) is 4.79 Å². The van der Waals surface area contributed by atoms with E-state index in [0.717, 1.165) is 0 Å². The van der Waals surface area contributed by atoms with Crippen molar-refractivity contribution in [2.24, 2.45) is 0 Å². The lowest BCUT2D eigenvalue weighted by molar-refractivity contribution is -0.137. The first-order valence-corrected chi connectivity index (χ1v) is 6.17. The average molecular weight is 256 g/mol. The monoisotopic (exact) mass is 255 g/mol. The highest BCUT2D eigenvalue weighted by atomic mass is 35.5. The Labute approximate surface area is 107 Å². The van der Waals surface area contributed by atoms with Crippen LogP contribution in [0.1, 0.15) is 20.8 Å². The second-order valence-electron chi connectivity index (χ2n) is 3.70. The number of carbonyl (C=O) groups is 1. The molecule has 0 heterocycles. The van der Waals surface area contributed by atoms with Crippen LogP contribution in [0.5, 0.6) is 5.75 Å². The summed E-state index contributed by atoms with van der Waals surface area (Å²) in [7, 11) is 0. The first-order chi connectivity index (χ1) is 8.10. The highest BCUT2D eigenvalue weighted by Crippen LogP contribution is 2.24. The number of carbonyl (C=O) groups excluding carboxylic acids is 1. The summed E-state index contributed by atoms with van der Waals surface area (Å²) in [5.41, 5.74) is 0. The number of para-hydroxylation sites is 1. The third kappa shape index (κ3) is 3.63. The Morgan fingerprint density at radius 2 is 1.94 bits per heavy atom. The summed E-state index contributed by atoms with van der Waals surface area (Å²) in [6.45, 7) is 7.01. The van der Waals surface area contributed by atoms with Crippen molar-refractivity contribution in [3.63, 3.8) is 0 Å². The smallest absolute Gasteiger partial charge is 0.263 e. The van der Waals surface area contributed by atoms with Crippen molar-refractivity contribution in [3.8, 4) is 5.75 Å². The molecule has 0 aliphatic carbocycles. The lowest BCUT2D eigenvalue weighted by atomic mass is 10.3. The molecule has 0 saturated heterocycles. The van der Waals surface area contributed by atoms with Gasteiger partial charge in [-0.15, -0.1) is 0 Å². The Hall–Kier alpha value is -1.22. The van der Waals surface area contributed by atoms with Crippen LogP contribution in [0, 0.1) is 0 Å². The molecule has 0 spiro atoms. The molecule has 1 aromatic rings. The molecule has 0 bridgehead atoms. The predicted molar refractivity (Wildman–Crippen MR) is 69.5 cm³/mol. The molecule has 0 radical (unpaired) electrons. The van der Waals surface area contributed by atoms with Gasteiger partial charge >= 0.3 is 0 Å². The van der Waals surface area contributed by atoms with Gasteiger partial charge in [0.05, 0.1) is 5.02 Å². The zero-order valence-corrected chi connectivity index (χ0v) is 11.2. The van der Waals surface area contributed by atoms with E-state index in [1.165, 1.54) is 0 Å². The molecule has 1 rings (SSSR count). The molecule has 0 aliphatic heterocycles. The van der Waals surface area contributed by atoms with E-state index in [2.05, 4.69) is 0 Å². The Kier molecular flexibility index (Phi) is 5.29. The van der Waals surface area contributed by atoms with Crippen molar-refractivity contribution in [1.82, 2.24) is 4.90 Å². The second-order valence-corrected chi connectivity index (χ2v) is 4.11. The number of hydrogen-bond donors (Lipinski definition) is 0. The molecule has 1 unspecified atom stereocenters. The molecule has 17 heavy (non-hydrogen) atoms. The first-order valence-electron chi connectivity index (χ1n) is 5.80. The van der Waals surface area contributed by atoms with E-state index in [1.54, 1.807) is 24.0 Å². The van der Waals surface area contributed by atoms with E-state index in [9.17, 15) is 4.79 Å². The maximum atomic E-state index is 12.0. The van der Waals surface area contributed by atoms with Crippen molar-refractivity contribution in [2.75, 3.05) is 13.1 Å². The fraction of sp³-hybridized carbons (Fsp3) is 0.462. The average Bonchev–Trinajstić information content (AvgIpc) is 2.33. The first kappa shape index (κ1) is 13.8. The van der Waals surface area contributed by atoms with Crippen LogP contribution in [-0.2, 0) is 4.79 Å². The van der Waals surface area contributed by atoms with Gasteiger partial charge < -0.3 is 9.64 Å².